The van der Waals surface area contributed by atoms with Gasteiger partial charge in [0.05, 0.1) is 12.2 Å². The van der Waals surface area contributed by atoms with Gasteiger partial charge in [0.15, 0.2) is 5.69 Å². The standard InChI is InChI=1S/C19H27N5O2/c1-3-23(4-2)19(26)17-14-24(21-20-17)16-9-11-22(12-10-16)13-15-7-5-6-8-18(15)25/h5-8,14,16,25H,3-4,9-13H2,1-2H3. The molecule has 1 aromatic carbocycles. The molecule has 3 rings (SSSR count). The zero-order valence-corrected chi connectivity index (χ0v) is 15.5. The number of benzene rings is 1. The molecule has 7 nitrogen and oxygen atoms in total. The summed E-state index contributed by atoms with van der Waals surface area (Å²) >= 11 is 0. The summed E-state index contributed by atoms with van der Waals surface area (Å²) in [6.07, 6.45) is 3.69. The summed E-state index contributed by atoms with van der Waals surface area (Å²) in [5.41, 5.74) is 1.38. The first-order chi connectivity index (χ1) is 12.6. The third-order valence-corrected chi connectivity index (χ3v) is 5.10. The number of amides is 1. The summed E-state index contributed by atoms with van der Waals surface area (Å²) in [6.45, 7) is 7.89. The lowest BCUT2D eigenvalue weighted by atomic mass is 10.0. The predicted molar refractivity (Wildman–Crippen MR) is 98.9 cm³/mol. The van der Waals surface area contributed by atoms with Crippen molar-refractivity contribution in [3.8, 4) is 5.75 Å². The first-order valence-electron chi connectivity index (χ1n) is 9.32. The van der Waals surface area contributed by atoms with Gasteiger partial charge in [0.1, 0.15) is 5.75 Å². The summed E-state index contributed by atoms with van der Waals surface area (Å²) in [7, 11) is 0. The Morgan fingerprint density at radius 2 is 1.92 bits per heavy atom. The van der Waals surface area contributed by atoms with Crippen LogP contribution in [0, 0.1) is 0 Å². The molecule has 140 valence electrons. The number of carbonyl (C=O) groups is 1. The van der Waals surface area contributed by atoms with Gasteiger partial charge in [-0.15, -0.1) is 5.10 Å². The number of phenolic OH excluding ortho intramolecular Hbond substituents is 1. The van der Waals surface area contributed by atoms with E-state index in [-0.39, 0.29) is 11.9 Å². The minimum Gasteiger partial charge on any atom is -0.508 e. The average Bonchev–Trinajstić information content (AvgIpc) is 3.15. The molecule has 1 amide bonds. The van der Waals surface area contributed by atoms with E-state index in [0.717, 1.165) is 38.0 Å². The van der Waals surface area contributed by atoms with E-state index in [9.17, 15) is 9.90 Å². The molecule has 26 heavy (non-hydrogen) atoms. The fourth-order valence-electron chi connectivity index (χ4n) is 3.45. The van der Waals surface area contributed by atoms with Gasteiger partial charge in [-0.2, -0.15) is 0 Å². The lowest BCUT2D eigenvalue weighted by Crippen LogP contribution is -2.34. The van der Waals surface area contributed by atoms with Crippen molar-refractivity contribution in [1.82, 2.24) is 24.8 Å². The Morgan fingerprint density at radius 1 is 1.23 bits per heavy atom. The fourth-order valence-corrected chi connectivity index (χ4v) is 3.45. The highest BCUT2D eigenvalue weighted by molar-refractivity contribution is 5.91. The average molecular weight is 357 g/mol. The van der Waals surface area contributed by atoms with E-state index < -0.39 is 0 Å². The molecule has 0 bridgehead atoms. The molecule has 0 saturated carbocycles. The Morgan fingerprint density at radius 3 is 2.58 bits per heavy atom. The van der Waals surface area contributed by atoms with Crippen LogP contribution in [0.25, 0.3) is 0 Å². The van der Waals surface area contributed by atoms with Crippen molar-refractivity contribution in [3.05, 3.63) is 41.7 Å². The van der Waals surface area contributed by atoms with Crippen LogP contribution in [0.1, 0.15) is 48.8 Å². The Hall–Kier alpha value is -2.41. The fraction of sp³-hybridized carbons (Fsp3) is 0.526. The Balaban J connectivity index is 1.57. The molecule has 1 aliphatic heterocycles. The first-order valence-corrected chi connectivity index (χ1v) is 9.32. The third-order valence-electron chi connectivity index (χ3n) is 5.10. The van der Waals surface area contributed by atoms with Crippen molar-refractivity contribution in [3.63, 3.8) is 0 Å². The topological polar surface area (TPSA) is 74.5 Å². The van der Waals surface area contributed by atoms with Crippen molar-refractivity contribution in [2.45, 2.75) is 39.3 Å². The molecule has 0 atom stereocenters. The number of aromatic hydroxyl groups is 1. The minimum atomic E-state index is -0.0572. The van der Waals surface area contributed by atoms with Crippen LogP contribution in [0.3, 0.4) is 0 Å². The van der Waals surface area contributed by atoms with E-state index in [1.807, 2.05) is 36.7 Å². The lowest BCUT2D eigenvalue weighted by molar-refractivity contribution is 0.0767. The zero-order chi connectivity index (χ0) is 18.5. The summed E-state index contributed by atoms with van der Waals surface area (Å²) in [5.74, 6) is 0.295. The van der Waals surface area contributed by atoms with Crippen molar-refractivity contribution in [2.75, 3.05) is 26.2 Å². The number of nitrogens with zero attached hydrogens (tertiary/aromatic N) is 5. The number of aromatic nitrogens is 3. The number of rotatable bonds is 6. The smallest absolute Gasteiger partial charge is 0.276 e. The number of piperidine rings is 1. The zero-order valence-electron chi connectivity index (χ0n) is 15.5. The van der Waals surface area contributed by atoms with E-state index in [0.29, 0.717) is 24.5 Å². The largest absolute Gasteiger partial charge is 0.508 e. The Kier molecular flexibility index (Phi) is 5.88. The van der Waals surface area contributed by atoms with Gasteiger partial charge in [-0.05, 0) is 32.8 Å². The number of para-hydroxylation sites is 1. The maximum absolute atomic E-state index is 12.4. The van der Waals surface area contributed by atoms with Gasteiger partial charge in [-0.3, -0.25) is 9.69 Å². The Bertz CT molecular complexity index is 733. The number of hydrogen-bond acceptors (Lipinski definition) is 5. The molecular formula is C19H27N5O2. The molecule has 1 aliphatic rings. The minimum absolute atomic E-state index is 0.0572. The van der Waals surface area contributed by atoms with Crippen LogP contribution in [-0.4, -0.2) is 62.0 Å². The van der Waals surface area contributed by atoms with Crippen molar-refractivity contribution < 1.29 is 9.90 Å². The highest BCUT2D eigenvalue weighted by Gasteiger charge is 2.24. The monoisotopic (exact) mass is 357 g/mol. The predicted octanol–water partition coefficient (Wildman–Crippen LogP) is 2.30. The van der Waals surface area contributed by atoms with Crippen LogP contribution in [0.15, 0.2) is 30.5 Å². The van der Waals surface area contributed by atoms with Crippen molar-refractivity contribution >= 4 is 5.91 Å². The maximum Gasteiger partial charge on any atom is 0.276 e. The van der Waals surface area contributed by atoms with Crippen molar-refractivity contribution in [2.24, 2.45) is 0 Å². The van der Waals surface area contributed by atoms with E-state index in [1.54, 1.807) is 17.2 Å². The van der Waals surface area contributed by atoms with Crippen LogP contribution < -0.4 is 0 Å². The molecule has 1 aromatic heterocycles. The number of carbonyl (C=O) groups excluding carboxylic acids is 1. The van der Waals surface area contributed by atoms with Crippen LogP contribution in [0.5, 0.6) is 5.75 Å². The molecule has 1 fully saturated rings. The molecule has 0 unspecified atom stereocenters. The van der Waals surface area contributed by atoms with Gasteiger partial charge in [0.2, 0.25) is 0 Å². The second kappa shape index (κ2) is 8.31. The van der Waals surface area contributed by atoms with E-state index in [2.05, 4.69) is 15.2 Å². The number of likely N-dealkylation sites (tertiary alicyclic amines) is 1. The molecular weight excluding hydrogens is 330 g/mol. The third kappa shape index (κ3) is 4.04. The highest BCUT2D eigenvalue weighted by Crippen LogP contribution is 2.25. The molecule has 0 spiro atoms. The molecule has 7 heteroatoms. The van der Waals surface area contributed by atoms with Crippen LogP contribution >= 0.6 is 0 Å². The summed E-state index contributed by atoms with van der Waals surface area (Å²) in [5, 5.41) is 18.2. The molecule has 2 aromatic rings. The molecule has 0 radical (unpaired) electrons. The van der Waals surface area contributed by atoms with Gasteiger partial charge >= 0.3 is 0 Å². The second-order valence-corrected chi connectivity index (χ2v) is 6.70. The van der Waals surface area contributed by atoms with E-state index >= 15 is 0 Å². The lowest BCUT2D eigenvalue weighted by Gasteiger charge is -2.31. The maximum atomic E-state index is 12.4. The van der Waals surface area contributed by atoms with Gasteiger partial charge in [0.25, 0.3) is 5.91 Å². The van der Waals surface area contributed by atoms with Crippen LogP contribution in [-0.2, 0) is 6.54 Å². The van der Waals surface area contributed by atoms with E-state index in [4.69, 9.17) is 0 Å². The molecule has 0 aliphatic carbocycles. The van der Waals surface area contributed by atoms with Gasteiger partial charge in [-0.25, -0.2) is 4.68 Å². The highest BCUT2D eigenvalue weighted by atomic mass is 16.3. The van der Waals surface area contributed by atoms with Gasteiger partial charge in [-0.1, -0.05) is 23.4 Å². The van der Waals surface area contributed by atoms with Crippen LogP contribution in [0.2, 0.25) is 0 Å². The second-order valence-electron chi connectivity index (χ2n) is 6.70. The Labute approximate surface area is 154 Å². The number of hydrogen-bond donors (Lipinski definition) is 1. The quantitative estimate of drug-likeness (QED) is 0.859. The summed E-state index contributed by atoms with van der Waals surface area (Å²) in [4.78, 5) is 16.5. The summed E-state index contributed by atoms with van der Waals surface area (Å²) in [6, 6.07) is 7.75. The van der Waals surface area contributed by atoms with E-state index in [1.165, 1.54) is 0 Å². The molecule has 2 heterocycles. The van der Waals surface area contributed by atoms with Crippen LogP contribution in [0.4, 0.5) is 0 Å². The number of phenols is 1. The normalized spacial score (nSPS) is 15.9. The first kappa shape index (κ1) is 18.4. The van der Waals surface area contributed by atoms with Gasteiger partial charge in [0, 0.05) is 38.3 Å². The summed E-state index contributed by atoms with van der Waals surface area (Å²) < 4.78 is 1.84. The SMILES string of the molecule is CCN(CC)C(=O)c1cn(C2CCN(Cc3ccccc3O)CC2)nn1. The molecule has 1 N–H and O–H groups in total. The van der Waals surface area contributed by atoms with Gasteiger partial charge < -0.3 is 10.0 Å². The molecule has 1 saturated heterocycles. The van der Waals surface area contributed by atoms with Crippen molar-refractivity contribution in [1.29, 1.82) is 0 Å².